The van der Waals surface area contributed by atoms with Gasteiger partial charge in [0.1, 0.15) is 12.8 Å². The lowest BCUT2D eigenvalue weighted by molar-refractivity contribution is -0.121. The lowest BCUT2D eigenvalue weighted by Crippen LogP contribution is -2.30. The van der Waals surface area contributed by atoms with Gasteiger partial charge in [0, 0.05) is 24.2 Å². The van der Waals surface area contributed by atoms with E-state index in [0.717, 1.165) is 22.6 Å². The number of benzene rings is 1. The van der Waals surface area contributed by atoms with Crippen LogP contribution in [-0.4, -0.2) is 27.2 Å². The van der Waals surface area contributed by atoms with Crippen LogP contribution in [0.2, 0.25) is 0 Å². The van der Waals surface area contributed by atoms with E-state index >= 15 is 0 Å². The highest BCUT2D eigenvalue weighted by atomic mass is 16.3. The molecule has 6 heteroatoms. The first kappa shape index (κ1) is 17.0. The van der Waals surface area contributed by atoms with Gasteiger partial charge in [-0.1, -0.05) is 17.7 Å². The van der Waals surface area contributed by atoms with Crippen molar-refractivity contribution in [3.8, 4) is 11.5 Å². The summed E-state index contributed by atoms with van der Waals surface area (Å²) in [6.07, 6.45) is 2.26. The Morgan fingerprint density at radius 1 is 1.20 bits per heavy atom. The number of carbonyl (C=O) groups is 1. The molecule has 0 atom stereocenters. The summed E-state index contributed by atoms with van der Waals surface area (Å²) >= 11 is 0. The maximum atomic E-state index is 12.0. The van der Waals surface area contributed by atoms with E-state index in [9.17, 15) is 4.79 Å². The first-order valence-electron chi connectivity index (χ1n) is 8.30. The molecule has 130 valence electrons. The molecule has 0 saturated heterocycles. The second-order valence-corrected chi connectivity index (χ2v) is 6.19. The number of nitrogens with zero attached hydrogens (tertiary/aromatic N) is 3. The Balaban J connectivity index is 1.50. The van der Waals surface area contributed by atoms with Crippen LogP contribution < -0.4 is 5.32 Å². The second-order valence-electron chi connectivity index (χ2n) is 6.19. The van der Waals surface area contributed by atoms with Gasteiger partial charge in [0.25, 0.3) is 0 Å². The molecule has 3 rings (SSSR count). The fourth-order valence-corrected chi connectivity index (χ4v) is 2.61. The zero-order valence-electron chi connectivity index (χ0n) is 14.7. The van der Waals surface area contributed by atoms with Gasteiger partial charge < -0.3 is 9.73 Å². The zero-order chi connectivity index (χ0) is 17.8. The third-order valence-corrected chi connectivity index (χ3v) is 3.95. The van der Waals surface area contributed by atoms with E-state index in [1.165, 1.54) is 5.56 Å². The van der Waals surface area contributed by atoms with Crippen molar-refractivity contribution in [2.24, 2.45) is 0 Å². The molecule has 2 aromatic heterocycles. The third-order valence-electron chi connectivity index (χ3n) is 3.95. The summed E-state index contributed by atoms with van der Waals surface area (Å²) in [5.74, 6) is 0.539. The van der Waals surface area contributed by atoms with Crippen molar-refractivity contribution in [1.29, 1.82) is 0 Å². The van der Waals surface area contributed by atoms with Gasteiger partial charge in [-0.2, -0.15) is 5.10 Å². The smallest absolute Gasteiger partial charge is 0.241 e. The molecule has 6 nitrogen and oxygen atoms in total. The number of hydrogen-bond donors (Lipinski definition) is 1. The molecule has 1 aromatic carbocycles. The number of rotatable bonds is 6. The maximum Gasteiger partial charge on any atom is 0.241 e. The van der Waals surface area contributed by atoms with E-state index in [1.54, 1.807) is 10.9 Å². The maximum absolute atomic E-state index is 12.0. The molecule has 0 aliphatic carbocycles. The van der Waals surface area contributed by atoms with Gasteiger partial charge in [-0.05, 0) is 39.0 Å². The van der Waals surface area contributed by atoms with Crippen molar-refractivity contribution in [2.45, 2.75) is 33.7 Å². The van der Waals surface area contributed by atoms with Crippen molar-refractivity contribution in [3.63, 3.8) is 0 Å². The summed E-state index contributed by atoms with van der Waals surface area (Å²) in [4.78, 5) is 16.5. The molecule has 0 fully saturated rings. The molecule has 0 bridgehead atoms. The summed E-state index contributed by atoms with van der Waals surface area (Å²) in [5, 5.41) is 7.18. The van der Waals surface area contributed by atoms with Gasteiger partial charge >= 0.3 is 0 Å². The minimum Gasteiger partial charge on any atom is -0.444 e. The normalized spacial score (nSPS) is 10.8. The lowest BCUT2D eigenvalue weighted by Gasteiger charge is -2.05. The van der Waals surface area contributed by atoms with Crippen LogP contribution in [0.15, 0.2) is 41.0 Å². The molecule has 25 heavy (non-hydrogen) atoms. The molecule has 0 spiro atoms. The van der Waals surface area contributed by atoms with Gasteiger partial charge in [-0.3, -0.25) is 9.48 Å². The van der Waals surface area contributed by atoms with Crippen LogP contribution in [0.5, 0.6) is 0 Å². The highest BCUT2D eigenvalue weighted by Gasteiger charge is 2.09. The van der Waals surface area contributed by atoms with Crippen molar-refractivity contribution in [3.05, 3.63) is 59.2 Å². The van der Waals surface area contributed by atoms with Crippen LogP contribution >= 0.6 is 0 Å². The fraction of sp³-hybridized carbons (Fsp3) is 0.316. The van der Waals surface area contributed by atoms with E-state index < -0.39 is 0 Å². The number of hydrogen-bond acceptors (Lipinski definition) is 4. The van der Waals surface area contributed by atoms with Crippen molar-refractivity contribution >= 4 is 5.91 Å². The van der Waals surface area contributed by atoms with Gasteiger partial charge in [0.15, 0.2) is 0 Å². The Labute approximate surface area is 146 Å². The van der Waals surface area contributed by atoms with Crippen LogP contribution in [-0.2, 0) is 17.8 Å². The van der Waals surface area contributed by atoms with Gasteiger partial charge in [0.05, 0.1) is 11.4 Å². The number of carbonyl (C=O) groups excluding carboxylic acids is 1. The summed E-state index contributed by atoms with van der Waals surface area (Å²) in [6, 6.07) is 9.98. The Bertz CT molecular complexity index is 862. The minimum atomic E-state index is -0.0616. The molecule has 0 unspecified atom stereocenters. The van der Waals surface area contributed by atoms with Crippen molar-refractivity contribution in [1.82, 2.24) is 20.1 Å². The number of aromatic nitrogens is 3. The number of oxazole rings is 1. The number of nitrogens with one attached hydrogen (secondary N) is 1. The predicted octanol–water partition coefficient (Wildman–Crippen LogP) is 2.82. The summed E-state index contributed by atoms with van der Waals surface area (Å²) in [5.41, 5.74) is 4.86. The van der Waals surface area contributed by atoms with Crippen LogP contribution in [0.1, 0.15) is 22.6 Å². The summed E-state index contributed by atoms with van der Waals surface area (Å²) in [7, 11) is 0. The van der Waals surface area contributed by atoms with E-state index in [1.807, 2.05) is 51.1 Å². The molecule has 0 radical (unpaired) electrons. The highest BCUT2D eigenvalue weighted by Crippen LogP contribution is 2.19. The van der Waals surface area contributed by atoms with Crippen LogP contribution in [0, 0.1) is 20.8 Å². The predicted molar refractivity (Wildman–Crippen MR) is 95.1 cm³/mol. The van der Waals surface area contributed by atoms with Gasteiger partial charge in [-0.25, -0.2) is 4.98 Å². The lowest BCUT2D eigenvalue weighted by atomic mass is 10.1. The van der Waals surface area contributed by atoms with Crippen LogP contribution in [0.4, 0.5) is 0 Å². The first-order valence-corrected chi connectivity index (χ1v) is 8.30. The van der Waals surface area contributed by atoms with Crippen LogP contribution in [0.25, 0.3) is 11.5 Å². The molecule has 0 saturated carbocycles. The quantitative estimate of drug-likeness (QED) is 0.750. The number of amides is 1. The summed E-state index contributed by atoms with van der Waals surface area (Å²) in [6.45, 7) is 6.64. The van der Waals surface area contributed by atoms with E-state index in [4.69, 9.17) is 4.42 Å². The van der Waals surface area contributed by atoms with E-state index in [-0.39, 0.29) is 12.5 Å². The Hall–Kier alpha value is -2.89. The van der Waals surface area contributed by atoms with Gasteiger partial charge in [-0.15, -0.1) is 0 Å². The molecule has 1 N–H and O–H groups in total. The highest BCUT2D eigenvalue weighted by molar-refractivity contribution is 5.75. The Morgan fingerprint density at radius 2 is 1.96 bits per heavy atom. The average molecular weight is 338 g/mol. The topological polar surface area (TPSA) is 73.0 Å². The SMILES string of the molecule is Cc1ccc(-c2nc(CCNC(=O)Cn3nc(C)cc3C)co2)cc1. The molecular weight excluding hydrogens is 316 g/mol. The standard InChI is InChI=1S/C19H22N4O2/c1-13-4-6-16(7-5-13)19-21-17(12-25-19)8-9-20-18(24)11-23-15(3)10-14(2)22-23/h4-7,10,12H,8-9,11H2,1-3H3,(H,20,24). The van der Waals surface area contributed by atoms with E-state index in [2.05, 4.69) is 15.4 Å². The molecule has 0 aliphatic rings. The zero-order valence-corrected chi connectivity index (χ0v) is 14.7. The Kier molecular flexibility index (Phi) is 4.97. The largest absolute Gasteiger partial charge is 0.444 e. The van der Waals surface area contributed by atoms with Crippen LogP contribution in [0.3, 0.4) is 0 Å². The average Bonchev–Trinajstić information content (AvgIpc) is 3.15. The molecule has 1 amide bonds. The van der Waals surface area contributed by atoms with Gasteiger partial charge in [0.2, 0.25) is 11.8 Å². The van der Waals surface area contributed by atoms with Crippen molar-refractivity contribution < 1.29 is 9.21 Å². The molecule has 0 aliphatic heterocycles. The second kappa shape index (κ2) is 7.34. The minimum absolute atomic E-state index is 0.0616. The Morgan fingerprint density at radius 3 is 2.64 bits per heavy atom. The molecule has 3 aromatic rings. The fourth-order valence-electron chi connectivity index (χ4n) is 2.61. The molecular formula is C19H22N4O2. The van der Waals surface area contributed by atoms with E-state index in [0.29, 0.717) is 18.9 Å². The molecule has 2 heterocycles. The first-order chi connectivity index (χ1) is 12.0. The number of aryl methyl sites for hydroxylation is 3. The third kappa shape index (κ3) is 4.35. The monoisotopic (exact) mass is 338 g/mol. The summed E-state index contributed by atoms with van der Waals surface area (Å²) < 4.78 is 7.23. The van der Waals surface area contributed by atoms with Crippen molar-refractivity contribution in [2.75, 3.05) is 6.54 Å².